The third-order valence-electron chi connectivity index (χ3n) is 4.21. The van der Waals surface area contributed by atoms with Crippen molar-refractivity contribution in [3.8, 4) is 0 Å². The number of nitrogens with one attached hydrogen (secondary N) is 2. The number of amides is 2. The second kappa shape index (κ2) is 9.95. The van der Waals surface area contributed by atoms with E-state index in [0.717, 1.165) is 10.0 Å². The lowest BCUT2D eigenvalue weighted by Crippen LogP contribution is -2.39. The Morgan fingerprint density at radius 2 is 1.89 bits per heavy atom. The monoisotopic (exact) mass is 448 g/mol. The van der Waals surface area contributed by atoms with E-state index in [9.17, 15) is 19.7 Å². The minimum absolute atomic E-state index is 0.00550. The average Bonchev–Trinajstić information content (AvgIpc) is 2.67. The van der Waals surface area contributed by atoms with Crippen LogP contribution in [0.4, 0.5) is 11.4 Å². The lowest BCUT2D eigenvalue weighted by molar-refractivity contribution is -0.384. The molecule has 2 amide bonds. The van der Waals surface area contributed by atoms with Crippen LogP contribution in [0, 0.1) is 10.1 Å². The maximum absolute atomic E-state index is 12.1. The van der Waals surface area contributed by atoms with Gasteiger partial charge in [0.1, 0.15) is 0 Å². The van der Waals surface area contributed by atoms with Gasteiger partial charge in [-0.3, -0.25) is 24.6 Å². The molecule has 0 saturated heterocycles. The summed E-state index contributed by atoms with van der Waals surface area (Å²) in [6.45, 7) is 1.75. The molecule has 0 aliphatic carbocycles. The van der Waals surface area contributed by atoms with Gasteiger partial charge in [-0.15, -0.1) is 0 Å². The summed E-state index contributed by atoms with van der Waals surface area (Å²) in [5.74, 6) is -0.656. The molecule has 0 heterocycles. The van der Waals surface area contributed by atoms with E-state index in [1.807, 2.05) is 13.0 Å². The molecular formula is C19H21BrN4O4. The zero-order valence-corrected chi connectivity index (χ0v) is 17.1. The minimum atomic E-state index is -0.452. The predicted octanol–water partition coefficient (Wildman–Crippen LogP) is 3.11. The standard InChI is InChI=1S/C19H21BrN4O4/c1-13(14-6-5-7-15(10-14)24(27)28)23(2)12-19(26)21-11-18(25)22-17-9-4-3-8-16(17)20/h3-10,13H,11-12H2,1-2H3,(H,21,26)(H,22,25). The molecule has 0 bridgehead atoms. The summed E-state index contributed by atoms with van der Waals surface area (Å²) in [4.78, 5) is 36.3. The number of likely N-dealkylation sites (N-methyl/N-ethyl adjacent to an activating group) is 1. The number of nitro groups is 1. The molecule has 0 radical (unpaired) electrons. The Labute approximate surface area is 171 Å². The first kappa shape index (κ1) is 21.5. The molecule has 0 aliphatic heterocycles. The molecule has 2 aromatic rings. The first-order valence-electron chi connectivity index (χ1n) is 8.53. The number of halogens is 1. The second-order valence-corrected chi connectivity index (χ2v) is 7.10. The molecule has 2 N–H and O–H groups in total. The molecule has 0 saturated carbocycles. The van der Waals surface area contributed by atoms with Crippen LogP contribution in [0.1, 0.15) is 18.5 Å². The van der Waals surface area contributed by atoms with E-state index in [1.54, 1.807) is 42.3 Å². The molecule has 2 rings (SSSR count). The Balaban J connectivity index is 1.85. The van der Waals surface area contributed by atoms with Gasteiger partial charge in [0.25, 0.3) is 5.69 Å². The van der Waals surface area contributed by atoms with Crippen LogP contribution >= 0.6 is 15.9 Å². The van der Waals surface area contributed by atoms with Gasteiger partial charge in [0.2, 0.25) is 11.8 Å². The molecule has 2 aromatic carbocycles. The molecular weight excluding hydrogens is 428 g/mol. The van der Waals surface area contributed by atoms with Gasteiger partial charge in [0.15, 0.2) is 0 Å². The summed E-state index contributed by atoms with van der Waals surface area (Å²) in [6, 6.07) is 13.3. The topological polar surface area (TPSA) is 105 Å². The zero-order chi connectivity index (χ0) is 20.7. The van der Waals surface area contributed by atoms with Crippen molar-refractivity contribution in [2.45, 2.75) is 13.0 Å². The quantitative estimate of drug-likeness (QED) is 0.476. The van der Waals surface area contributed by atoms with Gasteiger partial charge in [0.05, 0.1) is 23.7 Å². The van der Waals surface area contributed by atoms with Crippen LogP contribution in [-0.2, 0) is 9.59 Å². The smallest absolute Gasteiger partial charge is 0.269 e. The number of hydrogen-bond donors (Lipinski definition) is 2. The molecule has 9 heteroatoms. The van der Waals surface area contributed by atoms with Crippen molar-refractivity contribution in [1.82, 2.24) is 10.2 Å². The van der Waals surface area contributed by atoms with E-state index in [1.165, 1.54) is 12.1 Å². The Kier molecular flexibility index (Phi) is 7.65. The van der Waals surface area contributed by atoms with E-state index < -0.39 is 4.92 Å². The number of anilines is 1. The molecule has 1 atom stereocenters. The highest BCUT2D eigenvalue weighted by Crippen LogP contribution is 2.23. The van der Waals surface area contributed by atoms with Crippen LogP contribution in [0.3, 0.4) is 0 Å². The highest BCUT2D eigenvalue weighted by Gasteiger charge is 2.17. The summed E-state index contributed by atoms with van der Waals surface area (Å²) >= 11 is 3.34. The fraction of sp³-hybridized carbons (Fsp3) is 0.263. The lowest BCUT2D eigenvalue weighted by Gasteiger charge is -2.24. The molecule has 0 aliphatic rings. The molecule has 8 nitrogen and oxygen atoms in total. The molecule has 0 spiro atoms. The molecule has 0 fully saturated rings. The third-order valence-corrected chi connectivity index (χ3v) is 4.90. The van der Waals surface area contributed by atoms with Crippen molar-refractivity contribution in [1.29, 1.82) is 0 Å². The van der Waals surface area contributed by atoms with Gasteiger partial charge in [-0.2, -0.15) is 0 Å². The largest absolute Gasteiger partial charge is 0.346 e. The first-order chi connectivity index (χ1) is 13.3. The van der Waals surface area contributed by atoms with Gasteiger partial charge < -0.3 is 10.6 Å². The highest BCUT2D eigenvalue weighted by atomic mass is 79.9. The number of nitrogens with zero attached hydrogens (tertiary/aromatic N) is 2. The summed E-state index contributed by atoms with van der Waals surface area (Å²) in [6.07, 6.45) is 0. The van der Waals surface area contributed by atoms with Crippen LogP contribution in [0.5, 0.6) is 0 Å². The van der Waals surface area contributed by atoms with Gasteiger partial charge in [-0.25, -0.2) is 0 Å². The van der Waals surface area contributed by atoms with E-state index in [0.29, 0.717) is 5.69 Å². The molecule has 0 aromatic heterocycles. The SMILES string of the molecule is CC(c1cccc([N+](=O)[O-])c1)N(C)CC(=O)NCC(=O)Nc1ccccc1Br. The van der Waals surface area contributed by atoms with E-state index >= 15 is 0 Å². The van der Waals surface area contributed by atoms with Crippen molar-refractivity contribution in [2.75, 3.05) is 25.5 Å². The zero-order valence-electron chi connectivity index (χ0n) is 15.5. The van der Waals surface area contributed by atoms with Gasteiger partial charge >= 0.3 is 0 Å². The first-order valence-corrected chi connectivity index (χ1v) is 9.33. The average molecular weight is 449 g/mol. The number of hydrogen-bond acceptors (Lipinski definition) is 5. The van der Waals surface area contributed by atoms with Crippen LogP contribution in [0.15, 0.2) is 53.0 Å². The van der Waals surface area contributed by atoms with Crippen LogP contribution in [-0.4, -0.2) is 41.8 Å². The fourth-order valence-electron chi connectivity index (χ4n) is 2.51. The predicted molar refractivity (Wildman–Crippen MR) is 110 cm³/mol. The van der Waals surface area contributed by atoms with E-state index in [4.69, 9.17) is 0 Å². The summed E-state index contributed by atoms with van der Waals surface area (Å²) in [7, 11) is 1.74. The Bertz CT molecular complexity index is 875. The fourth-order valence-corrected chi connectivity index (χ4v) is 2.89. The number of rotatable bonds is 8. The van der Waals surface area contributed by atoms with Gasteiger partial charge in [0, 0.05) is 22.6 Å². The van der Waals surface area contributed by atoms with Gasteiger partial charge in [-0.05, 0) is 47.6 Å². The molecule has 1 unspecified atom stereocenters. The number of nitro benzene ring substituents is 1. The van der Waals surface area contributed by atoms with Crippen molar-refractivity contribution in [3.63, 3.8) is 0 Å². The maximum atomic E-state index is 12.1. The van der Waals surface area contributed by atoms with E-state index in [2.05, 4.69) is 26.6 Å². The van der Waals surface area contributed by atoms with Crippen LogP contribution < -0.4 is 10.6 Å². The van der Waals surface area contributed by atoms with Gasteiger partial charge in [-0.1, -0.05) is 24.3 Å². The highest BCUT2D eigenvalue weighted by molar-refractivity contribution is 9.10. The van der Waals surface area contributed by atoms with Crippen molar-refractivity contribution < 1.29 is 14.5 Å². The molecule has 28 heavy (non-hydrogen) atoms. The third kappa shape index (κ3) is 6.14. The summed E-state index contributed by atoms with van der Waals surface area (Å²) < 4.78 is 0.750. The molecule has 148 valence electrons. The second-order valence-electron chi connectivity index (χ2n) is 6.25. The Morgan fingerprint density at radius 3 is 2.57 bits per heavy atom. The van der Waals surface area contributed by atoms with E-state index in [-0.39, 0.29) is 36.6 Å². The summed E-state index contributed by atoms with van der Waals surface area (Å²) in [5, 5.41) is 16.2. The Morgan fingerprint density at radius 1 is 1.18 bits per heavy atom. The normalized spacial score (nSPS) is 11.7. The minimum Gasteiger partial charge on any atom is -0.346 e. The summed E-state index contributed by atoms with van der Waals surface area (Å²) in [5.41, 5.74) is 1.36. The number of para-hydroxylation sites is 1. The maximum Gasteiger partial charge on any atom is 0.269 e. The van der Waals surface area contributed by atoms with Crippen molar-refractivity contribution in [3.05, 3.63) is 68.7 Å². The number of non-ortho nitro benzene ring substituents is 1. The number of carbonyl (C=O) groups excluding carboxylic acids is 2. The van der Waals surface area contributed by atoms with Crippen molar-refractivity contribution >= 4 is 39.1 Å². The van der Waals surface area contributed by atoms with Crippen LogP contribution in [0.2, 0.25) is 0 Å². The van der Waals surface area contributed by atoms with Crippen molar-refractivity contribution in [2.24, 2.45) is 0 Å². The van der Waals surface area contributed by atoms with Crippen LogP contribution in [0.25, 0.3) is 0 Å². The Hall–Kier alpha value is -2.78. The number of carbonyl (C=O) groups is 2. The lowest BCUT2D eigenvalue weighted by atomic mass is 10.1. The number of benzene rings is 2.